The number of carboxylic acids is 1. The normalized spacial score (nSPS) is 20.6. The lowest BCUT2D eigenvalue weighted by Crippen LogP contribution is -2.36. The Morgan fingerprint density at radius 1 is 1.33 bits per heavy atom. The molecule has 1 aromatic heterocycles. The monoisotopic (exact) mass is 303 g/mol. The van der Waals surface area contributed by atoms with Crippen molar-refractivity contribution < 1.29 is 14.7 Å². The van der Waals surface area contributed by atoms with E-state index < -0.39 is 11.9 Å². The number of carboxylic acid groups (broad SMARTS) is 1. The fourth-order valence-corrected chi connectivity index (χ4v) is 2.97. The molecule has 1 aliphatic carbocycles. The topological polar surface area (TPSA) is 91.3 Å². The fraction of sp³-hybridized carbons (Fsp3) is 0.214. The van der Waals surface area contributed by atoms with Crippen molar-refractivity contribution in [2.45, 2.75) is 12.5 Å². The van der Waals surface area contributed by atoms with E-state index in [0.29, 0.717) is 12.1 Å². The minimum atomic E-state index is -0.869. The Kier molecular flexibility index (Phi) is 3.57. The maximum atomic E-state index is 11.9. The number of urea groups is 1. The summed E-state index contributed by atoms with van der Waals surface area (Å²) in [5, 5.41) is 14.4. The molecule has 0 spiro atoms. The molecule has 0 saturated carbocycles. The number of aliphatic carboxylic acids is 1. The first-order chi connectivity index (χ1) is 10.1. The van der Waals surface area contributed by atoms with Crippen LogP contribution in [0.3, 0.4) is 0 Å². The number of benzene rings is 1. The third kappa shape index (κ3) is 3.03. The van der Waals surface area contributed by atoms with Gasteiger partial charge in [-0.3, -0.25) is 4.79 Å². The molecule has 2 atom stereocenters. The molecule has 1 heterocycles. The van der Waals surface area contributed by atoms with E-state index in [1.54, 1.807) is 23.7 Å². The predicted molar refractivity (Wildman–Crippen MR) is 80.4 cm³/mol. The van der Waals surface area contributed by atoms with Crippen molar-refractivity contribution in [1.82, 2.24) is 10.3 Å². The van der Waals surface area contributed by atoms with Crippen molar-refractivity contribution in [1.29, 1.82) is 0 Å². The molecule has 6 nitrogen and oxygen atoms in total. The Morgan fingerprint density at radius 2 is 2.19 bits per heavy atom. The standard InChI is InChI=1S/C14H13N3O3S/c18-13(19)8-1-2-9(5-8)16-14(20)17-10-3-4-11-12(6-10)21-7-15-11/h1-4,6-9H,5H2,(H,18,19)(H2,16,17,20). The first-order valence-corrected chi connectivity index (χ1v) is 7.32. The number of carbonyl (C=O) groups is 2. The molecule has 0 bridgehead atoms. The first-order valence-electron chi connectivity index (χ1n) is 6.44. The third-order valence-corrected chi connectivity index (χ3v) is 4.10. The molecule has 2 aromatic rings. The van der Waals surface area contributed by atoms with Crippen LogP contribution in [-0.4, -0.2) is 28.1 Å². The minimum absolute atomic E-state index is 0.252. The summed E-state index contributed by atoms with van der Waals surface area (Å²) in [5.74, 6) is -1.39. The second-order valence-electron chi connectivity index (χ2n) is 4.81. The Bertz CT molecular complexity index is 725. The zero-order valence-electron chi connectivity index (χ0n) is 10.9. The highest BCUT2D eigenvalue weighted by molar-refractivity contribution is 7.16. The van der Waals surface area contributed by atoms with Crippen LogP contribution < -0.4 is 10.6 Å². The summed E-state index contributed by atoms with van der Waals surface area (Å²) in [5.41, 5.74) is 3.33. The van der Waals surface area contributed by atoms with E-state index in [9.17, 15) is 9.59 Å². The van der Waals surface area contributed by atoms with Crippen LogP contribution in [0.2, 0.25) is 0 Å². The summed E-state index contributed by atoms with van der Waals surface area (Å²) in [6.07, 6.45) is 3.71. The highest BCUT2D eigenvalue weighted by Gasteiger charge is 2.25. The summed E-state index contributed by atoms with van der Waals surface area (Å²) in [6.45, 7) is 0. The maximum Gasteiger partial charge on any atom is 0.319 e. The molecule has 0 radical (unpaired) electrons. The number of amides is 2. The lowest BCUT2D eigenvalue weighted by Gasteiger charge is -2.13. The van der Waals surface area contributed by atoms with Crippen molar-refractivity contribution in [3.63, 3.8) is 0 Å². The van der Waals surface area contributed by atoms with Crippen LogP contribution in [0, 0.1) is 5.92 Å². The van der Waals surface area contributed by atoms with Crippen LogP contribution >= 0.6 is 11.3 Å². The van der Waals surface area contributed by atoms with Gasteiger partial charge in [0.25, 0.3) is 0 Å². The highest BCUT2D eigenvalue weighted by Crippen LogP contribution is 2.22. The van der Waals surface area contributed by atoms with Gasteiger partial charge in [0.15, 0.2) is 0 Å². The van der Waals surface area contributed by atoms with Crippen LogP contribution in [-0.2, 0) is 4.79 Å². The van der Waals surface area contributed by atoms with E-state index in [-0.39, 0.29) is 12.1 Å². The van der Waals surface area contributed by atoms with E-state index in [4.69, 9.17) is 5.11 Å². The lowest BCUT2D eigenvalue weighted by atomic mass is 10.1. The molecule has 21 heavy (non-hydrogen) atoms. The van der Waals surface area contributed by atoms with Crippen LogP contribution in [0.5, 0.6) is 0 Å². The van der Waals surface area contributed by atoms with E-state index in [2.05, 4.69) is 15.6 Å². The molecular weight excluding hydrogens is 290 g/mol. The second kappa shape index (κ2) is 5.53. The van der Waals surface area contributed by atoms with Gasteiger partial charge in [0, 0.05) is 5.69 Å². The molecule has 0 fully saturated rings. The number of anilines is 1. The lowest BCUT2D eigenvalue weighted by molar-refractivity contribution is -0.140. The Balaban J connectivity index is 1.59. The summed E-state index contributed by atoms with van der Waals surface area (Å²) in [7, 11) is 0. The SMILES string of the molecule is O=C(Nc1ccc2ncsc2c1)NC1C=CC(C(=O)O)C1. The fourth-order valence-electron chi connectivity index (χ4n) is 2.26. The summed E-state index contributed by atoms with van der Waals surface area (Å²) in [6, 6.07) is 4.89. The van der Waals surface area contributed by atoms with Crippen LogP contribution in [0.4, 0.5) is 10.5 Å². The van der Waals surface area contributed by atoms with Crippen molar-refractivity contribution >= 4 is 39.2 Å². The first kappa shape index (κ1) is 13.6. The average Bonchev–Trinajstić information content (AvgIpc) is 3.06. The van der Waals surface area contributed by atoms with Crippen molar-refractivity contribution in [3.05, 3.63) is 35.9 Å². The van der Waals surface area contributed by atoms with Gasteiger partial charge in [0.2, 0.25) is 0 Å². The van der Waals surface area contributed by atoms with Gasteiger partial charge < -0.3 is 15.7 Å². The van der Waals surface area contributed by atoms with Gasteiger partial charge in [-0.05, 0) is 24.6 Å². The minimum Gasteiger partial charge on any atom is -0.481 e. The molecule has 0 aliphatic heterocycles. The molecule has 2 amide bonds. The highest BCUT2D eigenvalue weighted by atomic mass is 32.1. The molecule has 1 aromatic carbocycles. The molecular formula is C14H13N3O3S. The van der Waals surface area contributed by atoms with E-state index >= 15 is 0 Å². The van der Waals surface area contributed by atoms with Gasteiger partial charge in [-0.2, -0.15) is 0 Å². The average molecular weight is 303 g/mol. The van der Waals surface area contributed by atoms with Crippen LogP contribution in [0.25, 0.3) is 10.2 Å². The van der Waals surface area contributed by atoms with Crippen LogP contribution in [0.1, 0.15) is 6.42 Å². The number of fused-ring (bicyclic) bond motifs is 1. The number of hydrogen-bond acceptors (Lipinski definition) is 4. The number of aromatic nitrogens is 1. The van der Waals surface area contributed by atoms with Gasteiger partial charge in [0.05, 0.1) is 27.7 Å². The van der Waals surface area contributed by atoms with Crippen LogP contribution in [0.15, 0.2) is 35.9 Å². The third-order valence-electron chi connectivity index (χ3n) is 3.31. The number of nitrogens with zero attached hydrogens (tertiary/aromatic N) is 1. The van der Waals surface area contributed by atoms with Gasteiger partial charge in [-0.15, -0.1) is 11.3 Å². The zero-order valence-corrected chi connectivity index (χ0v) is 11.8. The summed E-state index contributed by atoms with van der Waals surface area (Å²) in [4.78, 5) is 26.9. The number of hydrogen-bond donors (Lipinski definition) is 3. The Morgan fingerprint density at radius 3 is 2.95 bits per heavy atom. The molecule has 7 heteroatoms. The number of rotatable bonds is 3. The zero-order chi connectivity index (χ0) is 14.8. The second-order valence-corrected chi connectivity index (χ2v) is 5.69. The van der Waals surface area contributed by atoms with E-state index in [1.807, 2.05) is 12.1 Å². The molecule has 0 saturated heterocycles. The van der Waals surface area contributed by atoms with E-state index in [0.717, 1.165) is 10.2 Å². The van der Waals surface area contributed by atoms with Gasteiger partial charge in [-0.1, -0.05) is 12.2 Å². The molecule has 3 N–H and O–H groups in total. The molecule has 2 unspecified atom stereocenters. The van der Waals surface area contributed by atoms with Crippen molar-refractivity contribution in [2.24, 2.45) is 5.92 Å². The van der Waals surface area contributed by atoms with Crippen molar-refractivity contribution in [2.75, 3.05) is 5.32 Å². The maximum absolute atomic E-state index is 11.9. The number of thiazole rings is 1. The van der Waals surface area contributed by atoms with Gasteiger partial charge in [0.1, 0.15) is 0 Å². The predicted octanol–water partition coefficient (Wildman–Crippen LogP) is 2.45. The quantitative estimate of drug-likeness (QED) is 0.759. The summed E-state index contributed by atoms with van der Waals surface area (Å²) >= 11 is 1.51. The van der Waals surface area contributed by atoms with E-state index in [1.165, 1.54) is 11.3 Å². The molecule has 108 valence electrons. The number of nitrogens with one attached hydrogen (secondary N) is 2. The van der Waals surface area contributed by atoms with Crippen molar-refractivity contribution in [3.8, 4) is 0 Å². The molecule has 3 rings (SSSR count). The Labute approximate surface area is 124 Å². The summed E-state index contributed by atoms with van der Waals surface area (Å²) < 4.78 is 1.000. The van der Waals surface area contributed by atoms with Gasteiger partial charge in [-0.25, -0.2) is 9.78 Å². The Hall–Kier alpha value is -2.41. The number of carbonyl (C=O) groups excluding carboxylic acids is 1. The molecule has 1 aliphatic rings. The smallest absolute Gasteiger partial charge is 0.319 e. The largest absolute Gasteiger partial charge is 0.481 e. The van der Waals surface area contributed by atoms with Gasteiger partial charge >= 0.3 is 12.0 Å².